The van der Waals surface area contributed by atoms with Gasteiger partial charge in [0.15, 0.2) is 0 Å². The van der Waals surface area contributed by atoms with Gasteiger partial charge in [0.2, 0.25) is 0 Å². The fourth-order valence-electron chi connectivity index (χ4n) is 3.69. The van der Waals surface area contributed by atoms with Gasteiger partial charge in [0.25, 0.3) is 0 Å². The van der Waals surface area contributed by atoms with Crippen LogP contribution in [0.1, 0.15) is 142 Å². The standard InChI is InChI=1S/C25H52N2/c1-2-3-4-5-6-7-8-9-10-11-12-13-14-15-16-17-18-19-20-21-22-23-24-25(26)27/h9-10,25H,2-8,11-24,26-27H2,1H3/b10-9-. The van der Waals surface area contributed by atoms with E-state index in [1.165, 1.54) is 128 Å². The molecule has 0 aromatic heterocycles. The molecule has 0 aliphatic carbocycles. The summed E-state index contributed by atoms with van der Waals surface area (Å²) in [5.41, 5.74) is 11.1. The lowest BCUT2D eigenvalue weighted by molar-refractivity contribution is 0.522. The first kappa shape index (κ1) is 26.7. The van der Waals surface area contributed by atoms with Gasteiger partial charge in [-0.3, -0.25) is 0 Å². The molecule has 0 aliphatic heterocycles. The van der Waals surface area contributed by atoms with E-state index in [4.69, 9.17) is 11.5 Å². The molecule has 0 radical (unpaired) electrons. The molecule has 0 saturated carbocycles. The maximum atomic E-state index is 5.56. The third-order valence-corrected chi connectivity index (χ3v) is 5.55. The number of hydrogen-bond acceptors (Lipinski definition) is 2. The molecule has 0 rings (SSSR count). The fraction of sp³-hybridized carbons (Fsp3) is 0.920. The molecule has 0 aromatic carbocycles. The molecular formula is C25H52N2. The highest BCUT2D eigenvalue weighted by Crippen LogP contribution is 2.13. The molecule has 4 N–H and O–H groups in total. The van der Waals surface area contributed by atoms with Crippen molar-refractivity contribution in [2.75, 3.05) is 0 Å². The van der Waals surface area contributed by atoms with Crippen LogP contribution in [0.15, 0.2) is 12.2 Å². The van der Waals surface area contributed by atoms with Gasteiger partial charge in [-0.05, 0) is 32.1 Å². The lowest BCUT2D eigenvalue weighted by Crippen LogP contribution is -2.29. The Balaban J connectivity index is 3.05. The zero-order chi connectivity index (χ0) is 19.8. The van der Waals surface area contributed by atoms with Crippen LogP contribution in [-0.4, -0.2) is 6.17 Å². The normalized spacial score (nSPS) is 11.9. The second kappa shape index (κ2) is 23.7. The summed E-state index contributed by atoms with van der Waals surface area (Å²) in [6.45, 7) is 2.29. The number of rotatable bonds is 22. The summed E-state index contributed by atoms with van der Waals surface area (Å²) in [7, 11) is 0. The largest absolute Gasteiger partial charge is 0.316 e. The van der Waals surface area contributed by atoms with E-state index in [0.717, 1.165) is 6.42 Å². The summed E-state index contributed by atoms with van der Waals surface area (Å²) in [6.07, 6.45) is 33.4. The van der Waals surface area contributed by atoms with E-state index in [1.807, 2.05) is 0 Å². The maximum absolute atomic E-state index is 5.56. The molecule has 27 heavy (non-hydrogen) atoms. The highest BCUT2D eigenvalue weighted by atomic mass is 14.8. The molecular weight excluding hydrogens is 328 g/mol. The van der Waals surface area contributed by atoms with Crippen LogP contribution in [0.25, 0.3) is 0 Å². The molecule has 162 valence electrons. The van der Waals surface area contributed by atoms with Crippen LogP contribution < -0.4 is 11.5 Å². The van der Waals surface area contributed by atoms with Crippen LogP contribution in [0.4, 0.5) is 0 Å². The minimum Gasteiger partial charge on any atom is -0.316 e. The van der Waals surface area contributed by atoms with Crippen molar-refractivity contribution in [3.63, 3.8) is 0 Å². The van der Waals surface area contributed by atoms with Crippen molar-refractivity contribution in [3.8, 4) is 0 Å². The van der Waals surface area contributed by atoms with Crippen molar-refractivity contribution in [2.45, 2.75) is 148 Å². The van der Waals surface area contributed by atoms with Crippen LogP contribution in [-0.2, 0) is 0 Å². The van der Waals surface area contributed by atoms with Crippen molar-refractivity contribution in [1.29, 1.82) is 0 Å². The Bertz CT molecular complexity index is 286. The van der Waals surface area contributed by atoms with Crippen LogP contribution in [0.5, 0.6) is 0 Å². The van der Waals surface area contributed by atoms with E-state index >= 15 is 0 Å². The average molecular weight is 381 g/mol. The smallest absolute Gasteiger partial charge is 0.0520 e. The topological polar surface area (TPSA) is 52.0 Å². The molecule has 0 bridgehead atoms. The average Bonchev–Trinajstić information content (AvgIpc) is 2.65. The molecule has 0 aliphatic rings. The molecule has 0 unspecified atom stereocenters. The molecule has 2 heteroatoms. The Hall–Kier alpha value is -0.340. The first-order valence-electron chi connectivity index (χ1n) is 12.4. The van der Waals surface area contributed by atoms with Gasteiger partial charge in [0.05, 0.1) is 6.17 Å². The van der Waals surface area contributed by atoms with Crippen molar-refractivity contribution in [1.82, 2.24) is 0 Å². The fourth-order valence-corrected chi connectivity index (χ4v) is 3.69. The van der Waals surface area contributed by atoms with Crippen LogP contribution in [0.3, 0.4) is 0 Å². The van der Waals surface area contributed by atoms with E-state index < -0.39 is 0 Å². The lowest BCUT2D eigenvalue weighted by Gasteiger charge is -2.05. The predicted octanol–water partition coefficient (Wildman–Crippen LogP) is 8.00. The minimum atomic E-state index is -0.105. The Morgan fingerprint density at radius 3 is 1.19 bits per heavy atom. The quantitative estimate of drug-likeness (QED) is 0.113. The van der Waals surface area contributed by atoms with Crippen LogP contribution in [0.2, 0.25) is 0 Å². The number of hydrogen-bond donors (Lipinski definition) is 2. The molecule has 0 amide bonds. The van der Waals surface area contributed by atoms with Gasteiger partial charge in [-0.1, -0.05) is 122 Å². The third-order valence-electron chi connectivity index (χ3n) is 5.55. The first-order chi connectivity index (χ1) is 13.3. The molecule has 0 atom stereocenters. The summed E-state index contributed by atoms with van der Waals surface area (Å²) < 4.78 is 0. The highest BCUT2D eigenvalue weighted by molar-refractivity contribution is 4.81. The van der Waals surface area contributed by atoms with Crippen molar-refractivity contribution in [2.24, 2.45) is 11.5 Å². The van der Waals surface area contributed by atoms with Gasteiger partial charge < -0.3 is 11.5 Å². The number of unbranched alkanes of at least 4 members (excludes halogenated alkanes) is 18. The van der Waals surface area contributed by atoms with Crippen molar-refractivity contribution < 1.29 is 0 Å². The van der Waals surface area contributed by atoms with Gasteiger partial charge in [-0.2, -0.15) is 0 Å². The minimum absolute atomic E-state index is 0.105. The first-order valence-corrected chi connectivity index (χ1v) is 12.4. The second-order valence-electron chi connectivity index (χ2n) is 8.51. The Morgan fingerprint density at radius 1 is 0.481 bits per heavy atom. The molecule has 2 nitrogen and oxygen atoms in total. The van der Waals surface area contributed by atoms with Gasteiger partial charge >= 0.3 is 0 Å². The number of allylic oxidation sites excluding steroid dienone is 2. The summed E-state index contributed by atoms with van der Waals surface area (Å²) in [4.78, 5) is 0. The van der Waals surface area contributed by atoms with Crippen molar-refractivity contribution >= 4 is 0 Å². The van der Waals surface area contributed by atoms with Gasteiger partial charge in [0.1, 0.15) is 0 Å². The molecule has 0 heterocycles. The van der Waals surface area contributed by atoms with Crippen LogP contribution >= 0.6 is 0 Å². The Labute approximate surface area is 171 Å². The predicted molar refractivity (Wildman–Crippen MR) is 124 cm³/mol. The summed E-state index contributed by atoms with van der Waals surface area (Å²) in [5, 5.41) is 0. The Morgan fingerprint density at radius 2 is 0.815 bits per heavy atom. The van der Waals surface area contributed by atoms with E-state index in [9.17, 15) is 0 Å². The van der Waals surface area contributed by atoms with Crippen LogP contribution in [0, 0.1) is 0 Å². The Kier molecular flexibility index (Phi) is 23.4. The summed E-state index contributed by atoms with van der Waals surface area (Å²) in [6, 6.07) is 0. The van der Waals surface area contributed by atoms with E-state index in [2.05, 4.69) is 19.1 Å². The highest BCUT2D eigenvalue weighted by Gasteiger charge is 1.96. The van der Waals surface area contributed by atoms with E-state index in [0.29, 0.717) is 0 Å². The molecule has 0 saturated heterocycles. The molecule has 0 aromatic rings. The monoisotopic (exact) mass is 380 g/mol. The number of nitrogens with two attached hydrogens (primary N) is 2. The van der Waals surface area contributed by atoms with E-state index in [-0.39, 0.29) is 6.17 Å². The maximum Gasteiger partial charge on any atom is 0.0520 e. The SMILES string of the molecule is CCCCCCCC/C=C\CCCCCCCCCCCCCCC(N)N. The third kappa shape index (κ3) is 25.7. The summed E-state index contributed by atoms with van der Waals surface area (Å²) >= 11 is 0. The van der Waals surface area contributed by atoms with E-state index in [1.54, 1.807) is 0 Å². The van der Waals surface area contributed by atoms with Gasteiger partial charge in [-0.15, -0.1) is 0 Å². The van der Waals surface area contributed by atoms with Gasteiger partial charge in [0, 0.05) is 0 Å². The summed E-state index contributed by atoms with van der Waals surface area (Å²) in [5.74, 6) is 0. The van der Waals surface area contributed by atoms with Crippen molar-refractivity contribution in [3.05, 3.63) is 12.2 Å². The zero-order valence-electron chi connectivity index (χ0n) is 18.7. The molecule has 0 fully saturated rings. The second-order valence-corrected chi connectivity index (χ2v) is 8.51. The van der Waals surface area contributed by atoms with Gasteiger partial charge in [-0.25, -0.2) is 0 Å². The zero-order valence-corrected chi connectivity index (χ0v) is 18.7. The molecule has 0 spiro atoms. The lowest BCUT2D eigenvalue weighted by atomic mass is 10.0.